The Morgan fingerprint density at radius 2 is 1.75 bits per heavy atom. The Morgan fingerprint density at radius 3 is 2.55 bits per heavy atom. The highest BCUT2D eigenvalue weighted by Crippen LogP contribution is 2.24. The largest absolute Gasteiger partial charge is 0.384 e. The SMILES string of the molecule is CN(Cc1ccc(Cl)cc1)Cc1ccc2c(c1)NCC2. The van der Waals surface area contributed by atoms with Crippen molar-refractivity contribution < 1.29 is 0 Å². The molecule has 2 nitrogen and oxygen atoms in total. The highest BCUT2D eigenvalue weighted by atomic mass is 35.5. The summed E-state index contributed by atoms with van der Waals surface area (Å²) >= 11 is 5.91. The van der Waals surface area contributed by atoms with Crippen LogP contribution in [0, 0.1) is 0 Å². The highest BCUT2D eigenvalue weighted by Gasteiger charge is 2.10. The highest BCUT2D eigenvalue weighted by molar-refractivity contribution is 6.30. The minimum atomic E-state index is 0.793. The predicted octanol–water partition coefficient (Wildman–Crippen LogP) is 3.94. The van der Waals surface area contributed by atoms with Crippen LogP contribution in [0.1, 0.15) is 16.7 Å². The summed E-state index contributed by atoms with van der Waals surface area (Å²) in [5, 5.41) is 4.23. The molecule has 0 aliphatic carbocycles. The first-order valence-electron chi connectivity index (χ1n) is 6.99. The van der Waals surface area contributed by atoms with Gasteiger partial charge in [-0.3, -0.25) is 4.90 Å². The average Bonchev–Trinajstić information content (AvgIpc) is 2.89. The van der Waals surface area contributed by atoms with Gasteiger partial charge in [-0.2, -0.15) is 0 Å². The number of nitrogens with zero attached hydrogens (tertiary/aromatic N) is 1. The van der Waals surface area contributed by atoms with Crippen LogP contribution in [0.4, 0.5) is 5.69 Å². The second-order valence-electron chi connectivity index (χ2n) is 5.47. The van der Waals surface area contributed by atoms with Crippen molar-refractivity contribution in [1.82, 2.24) is 4.90 Å². The molecule has 0 spiro atoms. The molecule has 3 rings (SSSR count). The average molecular weight is 287 g/mol. The van der Waals surface area contributed by atoms with Gasteiger partial charge in [-0.25, -0.2) is 0 Å². The number of hydrogen-bond donors (Lipinski definition) is 1. The number of halogens is 1. The van der Waals surface area contributed by atoms with Crippen molar-refractivity contribution in [3.8, 4) is 0 Å². The molecule has 0 radical (unpaired) electrons. The van der Waals surface area contributed by atoms with Gasteiger partial charge in [0.25, 0.3) is 0 Å². The third-order valence-corrected chi connectivity index (χ3v) is 3.95. The van der Waals surface area contributed by atoms with Gasteiger partial charge >= 0.3 is 0 Å². The van der Waals surface area contributed by atoms with E-state index >= 15 is 0 Å². The molecule has 2 aromatic rings. The fourth-order valence-electron chi connectivity index (χ4n) is 2.71. The Labute approximate surface area is 125 Å². The van der Waals surface area contributed by atoms with E-state index < -0.39 is 0 Å². The quantitative estimate of drug-likeness (QED) is 0.916. The molecule has 20 heavy (non-hydrogen) atoms. The van der Waals surface area contributed by atoms with Gasteiger partial charge in [-0.1, -0.05) is 35.9 Å². The maximum Gasteiger partial charge on any atom is 0.0406 e. The standard InChI is InChI=1S/C17H19ClN2/c1-20(11-13-3-6-16(18)7-4-13)12-14-2-5-15-8-9-19-17(15)10-14/h2-7,10,19H,8-9,11-12H2,1H3. The van der Waals surface area contributed by atoms with Crippen molar-refractivity contribution in [2.24, 2.45) is 0 Å². The zero-order valence-electron chi connectivity index (χ0n) is 11.7. The molecule has 104 valence electrons. The van der Waals surface area contributed by atoms with E-state index in [1.165, 1.54) is 22.4 Å². The molecule has 1 N–H and O–H groups in total. The summed E-state index contributed by atoms with van der Waals surface area (Å²) in [5.41, 5.74) is 5.39. The molecular formula is C17H19ClN2. The molecule has 3 heteroatoms. The van der Waals surface area contributed by atoms with Gasteiger partial charge in [0.1, 0.15) is 0 Å². The summed E-state index contributed by atoms with van der Waals surface area (Å²) in [6, 6.07) is 14.8. The van der Waals surface area contributed by atoms with Gasteiger partial charge in [-0.15, -0.1) is 0 Å². The van der Waals surface area contributed by atoms with Crippen molar-refractivity contribution in [3.05, 3.63) is 64.2 Å². The number of benzene rings is 2. The molecule has 2 aromatic carbocycles. The third-order valence-electron chi connectivity index (χ3n) is 3.70. The summed E-state index contributed by atoms with van der Waals surface area (Å²) in [7, 11) is 2.15. The minimum absolute atomic E-state index is 0.793. The van der Waals surface area contributed by atoms with E-state index in [1.54, 1.807) is 0 Å². The van der Waals surface area contributed by atoms with Gasteiger partial charge in [-0.05, 0) is 48.4 Å². The maximum atomic E-state index is 5.91. The molecule has 0 unspecified atom stereocenters. The summed E-state index contributed by atoms with van der Waals surface area (Å²) in [4.78, 5) is 2.32. The lowest BCUT2D eigenvalue weighted by molar-refractivity contribution is 0.319. The molecule has 0 fully saturated rings. The molecule has 1 aliphatic heterocycles. The topological polar surface area (TPSA) is 15.3 Å². The van der Waals surface area contributed by atoms with Crippen molar-refractivity contribution in [3.63, 3.8) is 0 Å². The van der Waals surface area contributed by atoms with E-state index in [0.717, 1.165) is 31.1 Å². The molecular weight excluding hydrogens is 268 g/mol. The fraction of sp³-hybridized carbons (Fsp3) is 0.294. The zero-order valence-corrected chi connectivity index (χ0v) is 12.5. The van der Waals surface area contributed by atoms with Gasteiger partial charge in [0.15, 0.2) is 0 Å². The molecule has 0 amide bonds. The van der Waals surface area contributed by atoms with Gasteiger partial charge in [0.2, 0.25) is 0 Å². The molecule has 0 atom stereocenters. The zero-order chi connectivity index (χ0) is 13.9. The Hall–Kier alpha value is -1.51. The van der Waals surface area contributed by atoms with E-state index in [1.807, 2.05) is 12.1 Å². The Balaban J connectivity index is 1.63. The summed E-state index contributed by atoms with van der Waals surface area (Å²) < 4.78 is 0. The molecule has 1 aliphatic rings. The van der Waals surface area contributed by atoms with Crippen LogP contribution in [0.15, 0.2) is 42.5 Å². The lowest BCUT2D eigenvalue weighted by Crippen LogP contribution is -2.17. The molecule has 0 saturated heterocycles. The Kier molecular flexibility index (Phi) is 3.95. The van der Waals surface area contributed by atoms with E-state index in [4.69, 9.17) is 11.6 Å². The van der Waals surface area contributed by atoms with Gasteiger partial charge in [0, 0.05) is 30.3 Å². The van der Waals surface area contributed by atoms with E-state index in [9.17, 15) is 0 Å². The number of nitrogens with one attached hydrogen (secondary N) is 1. The first-order valence-corrected chi connectivity index (χ1v) is 7.37. The number of rotatable bonds is 4. The first-order chi connectivity index (χ1) is 9.70. The molecule has 0 saturated carbocycles. The lowest BCUT2D eigenvalue weighted by Gasteiger charge is -2.17. The van der Waals surface area contributed by atoms with E-state index in [-0.39, 0.29) is 0 Å². The van der Waals surface area contributed by atoms with Crippen LogP contribution in [0.5, 0.6) is 0 Å². The van der Waals surface area contributed by atoms with E-state index in [2.05, 4.69) is 47.6 Å². The lowest BCUT2D eigenvalue weighted by atomic mass is 10.1. The monoisotopic (exact) mass is 286 g/mol. The van der Waals surface area contributed by atoms with Crippen molar-refractivity contribution in [2.75, 3.05) is 18.9 Å². The van der Waals surface area contributed by atoms with Crippen LogP contribution in [0.25, 0.3) is 0 Å². The maximum absolute atomic E-state index is 5.91. The second kappa shape index (κ2) is 5.86. The Morgan fingerprint density at radius 1 is 1.05 bits per heavy atom. The van der Waals surface area contributed by atoms with Crippen LogP contribution < -0.4 is 5.32 Å². The smallest absolute Gasteiger partial charge is 0.0406 e. The van der Waals surface area contributed by atoms with Crippen LogP contribution in [0.3, 0.4) is 0 Å². The van der Waals surface area contributed by atoms with Crippen molar-refractivity contribution >= 4 is 17.3 Å². The minimum Gasteiger partial charge on any atom is -0.384 e. The van der Waals surface area contributed by atoms with Gasteiger partial charge < -0.3 is 5.32 Å². The van der Waals surface area contributed by atoms with Crippen molar-refractivity contribution in [2.45, 2.75) is 19.5 Å². The van der Waals surface area contributed by atoms with Gasteiger partial charge in [0.05, 0.1) is 0 Å². The number of anilines is 1. The third kappa shape index (κ3) is 3.14. The second-order valence-corrected chi connectivity index (χ2v) is 5.90. The summed E-state index contributed by atoms with van der Waals surface area (Å²) in [6.07, 6.45) is 1.15. The predicted molar refractivity (Wildman–Crippen MR) is 85.3 cm³/mol. The molecule has 1 heterocycles. The van der Waals surface area contributed by atoms with Crippen molar-refractivity contribution in [1.29, 1.82) is 0 Å². The van der Waals surface area contributed by atoms with Crippen LogP contribution in [0.2, 0.25) is 5.02 Å². The summed E-state index contributed by atoms with van der Waals surface area (Å²) in [6.45, 7) is 2.96. The van der Waals surface area contributed by atoms with Crippen LogP contribution in [-0.4, -0.2) is 18.5 Å². The number of fused-ring (bicyclic) bond motifs is 1. The Bertz CT molecular complexity index is 592. The number of hydrogen-bond acceptors (Lipinski definition) is 2. The normalized spacial score (nSPS) is 13.3. The van der Waals surface area contributed by atoms with Crippen LogP contribution in [-0.2, 0) is 19.5 Å². The molecule has 0 aromatic heterocycles. The first kappa shape index (κ1) is 13.5. The van der Waals surface area contributed by atoms with Crippen LogP contribution >= 0.6 is 11.6 Å². The summed E-state index contributed by atoms with van der Waals surface area (Å²) in [5.74, 6) is 0. The molecule has 0 bridgehead atoms. The van der Waals surface area contributed by atoms with E-state index in [0.29, 0.717) is 0 Å². The fourth-order valence-corrected chi connectivity index (χ4v) is 2.83.